The van der Waals surface area contributed by atoms with Crippen LogP contribution in [0.15, 0.2) is 67.0 Å². The zero-order chi connectivity index (χ0) is 18.8. The van der Waals surface area contributed by atoms with Gasteiger partial charge in [0, 0.05) is 33.7 Å². The summed E-state index contributed by atoms with van der Waals surface area (Å²) in [5, 5.41) is 0. The lowest BCUT2D eigenvalue weighted by molar-refractivity contribution is 0.0897. The number of carbonyl (C=O) groups excluding carboxylic acids is 2. The summed E-state index contributed by atoms with van der Waals surface area (Å²) in [5.41, 5.74) is 1.56. The quantitative estimate of drug-likeness (QED) is 0.282. The first-order valence-electron chi connectivity index (χ1n) is 8.00. The number of hydrogen-bond donors (Lipinski definition) is 1. The SMILES string of the molecule is O=C(c1ccccc1)N(C(=O)c1ccccc1)c1nc(I)nc2nc[nH]c12. The molecule has 7 nitrogen and oxygen atoms in total. The van der Waals surface area contributed by atoms with Crippen molar-refractivity contribution in [2.75, 3.05) is 4.90 Å². The second kappa shape index (κ2) is 7.23. The van der Waals surface area contributed by atoms with Gasteiger partial charge in [0.05, 0.1) is 6.33 Å². The molecule has 2 aromatic heterocycles. The number of nitrogens with one attached hydrogen (secondary N) is 1. The van der Waals surface area contributed by atoms with Crippen LogP contribution in [0.5, 0.6) is 0 Å². The molecule has 0 atom stereocenters. The van der Waals surface area contributed by atoms with Crippen LogP contribution in [0.25, 0.3) is 11.2 Å². The summed E-state index contributed by atoms with van der Waals surface area (Å²) in [6.07, 6.45) is 1.46. The van der Waals surface area contributed by atoms with E-state index in [-0.39, 0.29) is 5.82 Å². The molecule has 8 heteroatoms. The zero-order valence-corrected chi connectivity index (χ0v) is 16.0. The van der Waals surface area contributed by atoms with Gasteiger partial charge in [0.2, 0.25) is 0 Å². The minimum Gasteiger partial charge on any atom is -0.340 e. The Morgan fingerprint density at radius 2 is 1.41 bits per heavy atom. The number of benzene rings is 2. The molecule has 0 fully saturated rings. The molecule has 0 saturated heterocycles. The van der Waals surface area contributed by atoms with Crippen LogP contribution in [-0.4, -0.2) is 31.8 Å². The summed E-state index contributed by atoms with van der Waals surface area (Å²) < 4.78 is 0.383. The van der Waals surface area contributed by atoms with Crippen LogP contribution in [0.2, 0.25) is 0 Å². The van der Waals surface area contributed by atoms with Gasteiger partial charge in [-0.3, -0.25) is 9.59 Å². The molecule has 0 unspecified atom stereocenters. The Morgan fingerprint density at radius 3 is 1.96 bits per heavy atom. The number of aromatic amines is 1. The fourth-order valence-electron chi connectivity index (χ4n) is 2.66. The smallest absolute Gasteiger partial charge is 0.266 e. The highest BCUT2D eigenvalue weighted by atomic mass is 127. The lowest BCUT2D eigenvalue weighted by atomic mass is 10.1. The van der Waals surface area contributed by atoms with E-state index in [1.807, 2.05) is 22.6 Å². The Labute approximate surface area is 167 Å². The van der Waals surface area contributed by atoms with Crippen molar-refractivity contribution in [1.29, 1.82) is 0 Å². The van der Waals surface area contributed by atoms with E-state index < -0.39 is 11.8 Å². The van der Waals surface area contributed by atoms with Crippen LogP contribution in [0, 0.1) is 3.83 Å². The van der Waals surface area contributed by atoms with E-state index in [0.717, 1.165) is 4.90 Å². The minimum atomic E-state index is -0.477. The molecular weight excluding hydrogens is 457 g/mol. The Kier molecular flexibility index (Phi) is 4.63. The number of imidazole rings is 1. The van der Waals surface area contributed by atoms with Crippen molar-refractivity contribution >= 4 is 51.4 Å². The number of rotatable bonds is 3. The van der Waals surface area contributed by atoms with Crippen molar-refractivity contribution in [2.24, 2.45) is 0 Å². The lowest BCUT2D eigenvalue weighted by Gasteiger charge is -2.20. The van der Waals surface area contributed by atoms with Crippen molar-refractivity contribution in [3.05, 3.63) is 81.9 Å². The molecule has 2 heterocycles. The average molecular weight is 469 g/mol. The van der Waals surface area contributed by atoms with Crippen LogP contribution in [0.4, 0.5) is 5.82 Å². The van der Waals surface area contributed by atoms with Crippen molar-refractivity contribution < 1.29 is 9.59 Å². The Balaban J connectivity index is 1.92. The maximum Gasteiger partial charge on any atom is 0.266 e. The van der Waals surface area contributed by atoms with Gasteiger partial charge in [0.15, 0.2) is 15.3 Å². The summed E-state index contributed by atoms with van der Waals surface area (Å²) in [4.78, 5) is 43.2. The summed E-state index contributed by atoms with van der Waals surface area (Å²) in [6, 6.07) is 17.2. The third-order valence-electron chi connectivity index (χ3n) is 3.90. The molecule has 4 rings (SSSR count). The third kappa shape index (κ3) is 3.31. The monoisotopic (exact) mass is 469 g/mol. The van der Waals surface area contributed by atoms with Gasteiger partial charge < -0.3 is 4.98 Å². The van der Waals surface area contributed by atoms with Crippen molar-refractivity contribution in [1.82, 2.24) is 19.9 Å². The maximum absolute atomic E-state index is 13.2. The minimum absolute atomic E-state index is 0.171. The van der Waals surface area contributed by atoms with Gasteiger partial charge in [0.1, 0.15) is 5.52 Å². The normalized spacial score (nSPS) is 10.7. The molecule has 0 saturated carbocycles. The number of H-pyrrole nitrogens is 1. The molecule has 0 aliphatic rings. The van der Waals surface area contributed by atoms with E-state index >= 15 is 0 Å². The lowest BCUT2D eigenvalue weighted by Crippen LogP contribution is -2.38. The third-order valence-corrected chi connectivity index (χ3v) is 4.38. The van der Waals surface area contributed by atoms with Crippen molar-refractivity contribution in [3.8, 4) is 0 Å². The van der Waals surface area contributed by atoms with Gasteiger partial charge in [-0.15, -0.1) is 0 Å². The molecule has 27 heavy (non-hydrogen) atoms. The fraction of sp³-hybridized carbons (Fsp3) is 0. The number of carbonyl (C=O) groups is 2. The topological polar surface area (TPSA) is 91.8 Å². The molecule has 2 aromatic carbocycles. The molecule has 0 bridgehead atoms. The molecule has 1 N–H and O–H groups in total. The molecule has 4 aromatic rings. The summed E-state index contributed by atoms with van der Waals surface area (Å²) in [7, 11) is 0. The summed E-state index contributed by atoms with van der Waals surface area (Å²) >= 11 is 1.94. The Hall–Kier alpha value is -3.14. The Morgan fingerprint density at radius 1 is 0.852 bits per heavy atom. The molecular formula is C19H12IN5O2. The second-order valence-corrected chi connectivity index (χ2v) is 6.56. The van der Waals surface area contributed by atoms with Crippen LogP contribution in [-0.2, 0) is 0 Å². The number of anilines is 1. The maximum atomic E-state index is 13.2. The number of amides is 2. The zero-order valence-electron chi connectivity index (χ0n) is 13.8. The van der Waals surface area contributed by atoms with Crippen LogP contribution in [0.3, 0.4) is 0 Å². The van der Waals surface area contributed by atoms with Gasteiger partial charge in [-0.2, -0.15) is 0 Å². The van der Waals surface area contributed by atoms with Gasteiger partial charge in [-0.25, -0.2) is 19.9 Å². The standard InChI is InChI=1S/C19H12IN5O2/c20-19-23-15-14(21-11-22-15)16(24-19)25(17(26)12-7-3-1-4-8-12)18(27)13-9-5-2-6-10-13/h1-11H,(H,21,22,23,24). The first-order valence-corrected chi connectivity index (χ1v) is 9.08. The largest absolute Gasteiger partial charge is 0.340 e. The molecule has 0 aliphatic carbocycles. The second-order valence-electron chi connectivity index (χ2n) is 5.60. The Bertz CT molecular complexity index is 1080. The molecule has 0 spiro atoms. The highest BCUT2D eigenvalue weighted by Crippen LogP contribution is 2.25. The molecule has 0 radical (unpaired) electrons. The summed E-state index contributed by atoms with van der Waals surface area (Å²) in [5.74, 6) is -0.783. The van der Waals surface area contributed by atoms with Crippen LogP contribution < -0.4 is 4.90 Å². The molecule has 2 amide bonds. The fourth-order valence-corrected chi connectivity index (χ4v) is 3.12. The van der Waals surface area contributed by atoms with Crippen LogP contribution in [0.1, 0.15) is 20.7 Å². The van der Waals surface area contributed by atoms with E-state index in [1.54, 1.807) is 60.7 Å². The van der Waals surface area contributed by atoms with Crippen molar-refractivity contribution in [3.63, 3.8) is 0 Å². The highest BCUT2D eigenvalue weighted by Gasteiger charge is 2.30. The number of hydrogen-bond acceptors (Lipinski definition) is 5. The van der Waals surface area contributed by atoms with Gasteiger partial charge in [0.25, 0.3) is 11.8 Å². The first kappa shape index (κ1) is 17.3. The predicted molar refractivity (Wildman–Crippen MR) is 108 cm³/mol. The average Bonchev–Trinajstić information content (AvgIpc) is 3.17. The first-order chi connectivity index (χ1) is 13.1. The van der Waals surface area contributed by atoms with E-state index in [4.69, 9.17) is 0 Å². The van der Waals surface area contributed by atoms with E-state index in [9.17, 15) is 9.59 Å². The number of halogens is 1. The van der Waals surface area contributed by atoms with Gasteiger partial charge >= 0.3 is 0 Å². The van der Waals surface area contributed by atoms with Gasteiger partial charge in [-0.1, -0.05) is 36.4 Å². The summed E-state index contributed by atoms with van der Waals surface area (Å²) in [6.45, 7) is 0. The molecule has 132 valence electrons. The molecule has 0 aliphatic heterocycles. The number of fused-ring (bicyclic) bond motifs is 1. The number of imide groups is 1. The van der Waals surface area contributed by atoms with Crippen LogP contribution >= 0.6 is 22.6 Å². The highest BCUT2D eigenvalue weighted by molar-refractivity contribution is 14.1. The van der Waals surface area contributed by atoms with E-state index in [1.165, 1.54) is 6.33 Å². The van der Waals surface area contributed by atoms with Gasteiger partial charge in [-0.05, 0) is 24.3 Å². The van der Waals surface area contributed by atoms with E-state index in [0.29, 0.717) is 26.1 Å². The van der Waals surface area contributed by atoms with Crippen molar-refractivity contribution in [2.45, 2.75) is 0 Å². The van der Waals surface area contributed by atoms with E-state index in [2.05, 4.69) is 19.9 Å². The number of aromatic nitrogens is 4. The number of nitrogens with zero attached hydrogens (tertiary/aromatic N) is 4. The predicted octanol–water partition coefficient (Wildman–Crippen LogP) is 3.44.